The zero-order valence-electron chi connectivity index (χ0n) is 20.8. The van der Waals surface area contributed by atoms with E-state index >= 15 is 0 Å². The van der Waals surface area contributed by atoms with Gasteiger partial charge in [-0.15, -0.1) is 0 Å². The number of carbonyl (C=O) groups is 2. The minimum Gasteiger partial charge on any atom is -0.497 e. The van der Waals surface area contributed by atoms with Crippen LogP contribution >= 0.6 is 11.6 Å². The molecule has 0 heterocycles. The van der Waals surface area contributed by atoms with Gasteiger partial charge in [0.05, 0.1) is 7.11 Å². The first kappa shape index (κ1) is 27.1. The molecule has 0 spiro atoms. The number of carbonyl (C=O) groups excluding carboxylic acids is 2. The van der Waals surface area contributed by atoms with Gasteiger partial charge in [-0.2, -0.15) is 0 Å². The molecule has 1 atom stereocenters. The number of nitrogens with one attached hydrogen (secondary N) is 1. The molecule has 6 nitrogen and oxygen atoms in total. The highest BCUT2D eigenvalue weighted by atomic mass is 35.5. The largest absolute Gasteiger partial charge is 0.497 e. The maximum Gasteiger partial charge on any atom is 0.261 e. The van der Waals surface area contributed by atoms with Gasteiger partial charge in [-0.1, -0.05) is 67.4 Å². The molecular weight excluding hydrogens is 476 g/mol. The molecule has 3 rings (SSSR count). The summed E-state index contributed by atoms with van der Waals surface area (Å²) in [4.78, 5) is 28.5. The number of hydrogen-bond donors (Lipinski definition) is 1. The van der Waals surface area contributed by atoms with Crippen LogP contribution in [0.1, 0.15) is 30.9 Å². The number of unbranched alkanes of at least 4 members (excludes halogenated alkanes) is 1. The van der Waals surface area contributed by atoms with Crippen molar-refractivity contribution in [2.75, 3.05) is 20.3 Å². The number of ether oxygens (including phenoxy) is 2. The second-order valence-corrected chi connectivity index (χ2v) is 8.90. The molecule has 0 aliphatic heterocycles. The van der Waals surface area contributed by atoms with Gasteiger partial charge >= 0.3 is 0 Å². The van der Waals surface area contributed by atoms with Crippen LogP contribution in [-0.4, -0.2) is 43.0 Å². The predicted molar refractivity (Wildman–Crippen MR) is 142 cm³/mol. The lowest BCUT2D eigenvalue weighted by Gasteiger charge is -2.31. The average Bonchev–Trinajstić information content (AvgIpc) is 2.91. The molecule has 3 aromatic rings. The maximum absolute atomic E-state index is 13.5. The van der Waals surface area contributed by atoms with Crippen molar-refractivity contribution in [1.29, 1.82) is 0 Å². The van der Waals surface area contributed by atoms with Crippen molar-refractivity contribution in [3.63, 3.8) is 0 Å². The van der Waals surface area contributed by atoms with Crippen LogP contribution in [-0.2, 0) is 22.6 Å². The smallest absolute Gasteiger partial charge is 0.261 e. The summed E-state index contributed by atoms with van der Waals surface area (Å²) in [6, 6.07) is 23.3. The Labute approximate surface area is 218 Å². The predicted octanol–water partition coefficient (Wildman–Crippen LogP) is 5.28. The Morgan fingerprint density at radius 3 is 2.22 bits per heavy atom. The standard InChI is InChI=1S/C29H33ClN2O4/c1-3-4-18-31-29(34)27(19-22-8-6-5-7-9-22)32(20-23-10-12-24(30)13-11-23)28(33)21-36-26-16-14-25(35-2)15-17-26/h5-17,27H,3-4,18-21H2,1-2H3,(H,31,34). The Bertz CT molecular complexity index is 1090. The van der Waals surface area contributed by atoms with Gasteiger partial charge in [0, 0.05) is 24.5 Å². The van der Waals surface area contributed by atoms with E-state index in [-0.39, 0.29) is 25.0 Å². The maximum atomic E-state index is 13.5. The van der Waals surface area contributed by atoms with Gasteiger partial charge < -0.3 is 19.7 Å². The van der Waals surface area contributed by atoms with Gasteiger partial charge in [-0.3, -0.25) is 9.59 Å². The van der Waals surface area contributed by atoms with Gasteiger partial charge in [0.25, 0.3) is 5.91 Å². The zero-order chi connectivity index (χ0) is 25.8. The van der Waals surface area contributed by atoms with Crippen molar-refractivity contribution < 1.29 is 19.1 Å². The highest BCUT2D eigenvalue weighted by molar-refractivity contribution is 6.30. The molecule has 0 aromatic heterocycles. The number of methoxy groups -OCH3 is 1. The molecule has 1 unspecified atom stereocenters. The molecule has 36 heavy (non-hydrogen) atoms. The van der Waals surface area contributed by atoms with Gasteiger partial charge in [0.15, 0.2) is 6.61 Å². The lowest BCUT2D eigenvalue weighted by atomic mass is 10.0. The molecule has 0 aliphatic rings. The third-order valence-electron chi connectivity index (χ3n) is 5.79. The van der Waals surface area contributed by atoms with E-state index in [1.165, 1.54) is 0 Å². The number of rotatable bonds is 13. The van der Waals surface area contributed by atoms with Crippen LogP contribution in [0.2, 0.25) is 5.02 Å². The van der Waals surface area contributed by atoms with Crippen LogP contribution in [0.5, 0.6) is 11.5 Å². The summed E-state index contributed by atoms with van der Waals surface area (Å²) in [6.07, 6.45) is 2.23. The second kappa shape index (κ2) is 14.1. The number of hydrogen-bond acceptors (Lipinski definition) is 4. The molecule has 0 radical (unpaired) electrons. The Hall–Kier alpha value is -3.51. The minimum absolute atomic E-state index is 0.181. The van der Waals surface area contributed by atoms with Crippen LogP contribution in [0.25, 0.3) is 0 Å². The van der Waals surface area contributed by atoms with Crippen molar-refractivity contribution in [2.45, 2.75) is 38.8 Å². The molecular formula is C29H33ClN2O4. The summed E-state index contributed by atoms with van der Waals surface area (Å²) in [7, 11) is 1.59. The Kier molecular flexibility index (Phi) is 10.6. The fraction of sp³-hybridized carbons (Fsp3) is 0.310. The van der Waals surface area contributed by atoms with E-state index < -0.39 is 6.04 Å². The molecule has 0 fully saturated rings. The van der Waals surface area contributed by atoms with E-state index in [1.807, 2.05) is 42.5 Å². The first-order chi connectivity index (χ1) is 17.5. The van der Waals surface area contributed by atoms with Crippen molar-refractivity contribution >= 4 is 23.4 Å². The van der Waals surface area contributed by atoms with Crippen LogP contribution < -0.4 is 14.8 Å². The molecule has 2 amide bonds. The quantitative estimate of drug-likeness (QED) is 0.319. The third-order valence-corrected chi connectivity index (χ3v) is 6.04. The van der Waals surface area contributed by atoms with Crippen molar-refractivity contribution in [3.05, 3.63) is 95.0 Å². The topological polar surface area (TPSA) is 67.9 Å². The normalized spacial score (nSPS) is 11.4. The second-order valence-electron chi connectivity index (χ2n) is 8.46. The van der Waals surface area contributed by atoms with E-state index in [9.17, 15) is 9.59 Å². The number of nitrogens with zero attached hydrogens (tertiary/aromatic N) is 1. The van der Waals surface area contributed by atoms with Crippen molar-refractivity contribution in [1.82, 2.24) is 10.2 Å². The number of benzene rings is 3. The Morgan fingerprint density at radius 2 is 1.58 bits per heavy atom. The van der Waals surface area contributed by atoms with E-state index in [0.29, 0.717) is 29.5 Å². The van der Waals surface area contributed by atoms with Crippen LogP contribution in [0.4, 0.5) is 0 Å². The van der Waals surface area contributed by atoms with Crippen LogP contribution in [0.3, 0.4) is 0 Å². The highest BCUT2D eigenvalue weighted by Crippen LogP contribution is 2.19. The first-order valence-corrected chi connectivity index (χ1v) is 12.5. The van der Waals surface area contributed by atoms with Gasteiger partial charge in [-0.25, -0.2) is 0 Å². The molecule has 0 bridgehead atoms. The fourth-order valence-corrected chi connectivity index (χ4v) is 3.87. The lowest BCUT2D eigenvalue weighted by molar-refractivity contribution is -0.142. The van der Waals surface area contributed by atoms with Crippen molar-refractivity contribution in [3.8, 4) is 11.5 Å². The van der Waals surface area contributed by atoms with E-state index in [1.54, 1.807) is 48.4 Å². The summed E-state index contributed by atoms with van der Waals surface area (Å²) in [5, 5.41) is 3.62. The SMILES string of the molecule is CCCCNC(=O)C(Cc1ccccc1)N(Cc1ccc(Cl)cc1)C(=O)COc1ccc(OC)cc1. The molecule has 1 N–H and O–H groups in total. The minimum atomic E-state index is -0.702. The summed E-state index contributed by atoms with van der Waals surface area (Å²) in [6.45, 7) is 2.68. The van der Waals surface area contributed by atoms with Gasteiger partial charge in [0.2, 0.25) is 5.91 Å². The number of halogens is 1. The van der Waals surface area contributed by atoms with Gasteiger partial charge in [0.1, 0.15) is 17.5 Å². The van der Waals surface area contributed by atoms with Gasteiger partial charge in [-0.05, 0) is 53.9 Å². The average molecular weight is 509 g/mol. The fourth-order valence-electron chi connectivity index (χ4n) is 3.75. The third kappa shape index (κ3) is 8.31. The van der Waals surface area contributed by atoms with E-state index in [2.05, 4.69) is 12.2 Å². The Balaban J connectivity index is 1.85. The lowest BCUT2D eigenvalue weighted by Crippen LogP contribution is -2.51. The first-order valence-electron chi connectivity index (χ1n) is 12.1. The molecule has 0 saturated heterocycles. The monoisotopic (exact) mass is 508 g/mol. The molecule has 7 heteroatoms. The van der Waals surface area contributed by atoms with E-state index in [4.69, 9.17) is 21.1 Å². The zero-order valence-corrected chi connectivity index (χ0v) is 21.5. The van der Waals surface area contributed by atoms with Crippen LogP contribution in [0, 0.1) is 0 Å². The van der Waals surface area contributed by atoms with Crippen LogP contribution in [0.15, 0.2) is 78.9 Å². The molecule has 3 aromatic carbocycles. The number of amides is 2. The molecule has 0 saturated carbocycles. The Morgan fingerprint density at radius 1 is 0.917 bits per heavy atom. The summed E-state index contributed by atoms with van der Waals surface area (Å²) in [5.41, 5.74) is 1.84. The highest BCUT2D eigenvalue weighted by Gasteiger charge is 2.30. The summed E-state index contributed by atoms with van der Waals surface area (Å²) < 4.78 is 11.0. The van der Waals surface area contributed by atoms with Crippen molar-refractivity contribution in [2.24, 2.45) is 0 Å². The molecule has 0 aliphatic carbocycles. The molecule has 190 valence electrons. The van der Waals surface area contributed by atoms with E-state index in [0.717, 1.165) is 24.0 Å². The summed E-state index contributed by atoms with van der Waals surface area (Å²) in [5.74, 6) is 0.777. The summed E-state index contributed by atoms with van der Waals surface area (Å²) >= 11 is 6.07.